The Labute approximate surface area is 189 Å². The van der Waals surface area contributed by atoms with Gasteiger partial charge in [-0.1, -0.05) is 18.7 Å². The lowest BCUT2D eigenvalue weighted by molar-refractivity contribution is -0.174. The monoisotopic (exact) mass is 434 g/mol. The number of fused-ring (bicyclic) bond motifs is 2. The molecule has 1 amide bonds. The molecule has 2 aliphatic carbocycles. The first kappa shape index (κ1) is 21.1. The highest BCUT2D eigenvalue weighted by atomic mass is 16.6. The second-order valence-electron chi connectivity index (χ2n) is 9.03. The lowest BCUT2D eigenvalue weighted by Crippen LogP contribution is -2.55. The summed E-state index contributed by atoms with van der Waals surface area (Å²) in [6.45, 7) is 5.04. The topological polar surface area (TPSA) is 66.7 Å². The Balaban J connectivity index is 0.000000225. The maximum atomic E-state index is 12.5. The Hall–Kier alpha value is -2.77. The minimum atomic E-state index is -0.599. The maximum Gasteiger partial charge on any atom is 0.257 e. The molecule has 7 heteroatoms. The Kier molecular flexibility index (Phi) is 5.69. The molecule has 1 saturated carbocycles. The van der Waals surface area contributed by atoms with Gasteiger partial charge in [-0.15, -0.1) is 0 Å². The third kappa shape index (κ3) is 3.91. The number of aliphatic imine (C=N–C) groups is 2. The minimum Gasteiger partial charge on any atom is -0.372 e. The van der Waals surface area contributed by atoms with Crippen LogP contribution in [0.4, 0.5) is 0 Å². The molecular formula is C25H30N4O3. The van der Waals surface area contributed by atoms with Crippen LogP contribution in [0.25, 0.3) is 0 Å². The van der Waals surface area contributed by atoms with E-state index in [0.29, 0.717) is 25.4 Å². The number of amides is 1. The van der Waals surface area contributed by atoms with E-state index in [2.05, 4.69) is 28.7 Å². The summed E-state index contributed by atoms with van der Waals surface area (Å²) in [5.41, 5.74) is 1.88. The summed E-state index contributed by atoms with van der Waals surface area (Å²) in [5.74, 6) is 1.66. The van der Waals surface area contributed by atoms with Crippen molar-refractivity contribution < 1.29 is 14.3 Å². The van der Waals surface area contributed by atoms with Crippen molar-refractivity contribution in [3.8, 4) is 0 Å². The van der Waals surface area contributed by atoms with Crippen molar-refractivity contribution in [2.45, 2.75) is 50.0 Å². The average Bonchev–Trinajstić information content (AvgIpc) is 3.08. The molecule has 3 fully saturated rings. The molecule has 2 unspecified atom stereocenters. The molecule has 5 heterocycles. The van der Waals surface area contributed by atoms with Crippen LogP contribution in [0.1, 0.15) is 32.1 Å². The van der Waals surface area contributed by atoms with Gasteiger partial charge >= 0.3 is 0 Å². The number of hydrogen-bond donors (Lipinski definition) is 0. The van der Waals surface area contributed by atoms with Crippen LogP contribution in [0.2, 0.25) is 0 Å². The van der Waals surface area contributed by atoms with Crippen LogP contribution in [0.5, 0.6) is 0 Å². The molecule has 7 aliphatic rings. The largest absolute Gasteiger partial charge is 0.372 e. The SMILES string of the molecule is C1=CC2=CC(C=N1)C2.C=C/C=C1/N=CC=C(COC2CC3(C2)OC2CCCN2C3=O)N1C. The first-order valence-electron chi connectivity index (χ1n) is 11.4. The van der Waals surface area contributed by atoms with Gasteiger partial charge in [0.2, 0.25) is 0 Å². The van der Waals surface area contributed by atoms with E-state index in [4.69, 9.17) is 9.47 Å². The molecule has 0 aromatic carbocycles. The number of hydrogen-bond acceptors (Lipinski definition) is 6. The van der Waals surface area contributed by atoms with Crippen molar-refractivity contribution in [2.75, 3.05) is 20.2 Å². The summed E-state index contributed by atoms with van der Waals surface area (Å²) < 4.78 is 12.0. The predicted octanol–water partition coefficient (Wildman–Crippen LogP) is 3.34. The van der Waals surface area contributed by atoms with E-state index in [9.17, 15) is 4.79 Å². The molecular weight excluding hydrogens is 404 g/mol. The number of rotatable bonds is 4. The lowest BCUT2D eigenvalue weighted by Gasteiger charge is -2.42. The zero-order chi connectivity index (χ0) is 22.1. The Morgan fingerprint density at radius 2 is 2.25 bits per heavy atom. The van der Waals surface area contributed by atoms with Gasteiger partial charge in [-0.25, -0.2) is 4.99 Å². The van der Waals surface area contributed by atoms with Crippen LogP contribution in [0, 0.1) is 5.92 Å². The summed E-state index contributed by atoms with van der Waals surface area (Å²) in [4.78, 5) is 24.7. The molecule has 7 rings (SSSR count). The lowest BCUT2D eigenvalue weighted by atomic mass is 9.76. The molecule has 0 aromatic heterocycles. The van der Waals surface area contributed by atoms with Gasteiger partial charge < -0.3 is 19.3 Å². The van der Waals surface area contributed by atoms with E-state index >= 15 is 0 Å². The molecule has 168 valence electrons. The number of likely N-dealkylation sites (N-methyl/N-ethyl adjacent to an activating group) is 1. The smallest absolute Gasteiger partial charge is 0.257 e. The van der Waals surface area contributed by atoms with E-state index in [-0.39, 0.29) is 18.2 Å². The van der Waals surface area contributed by atoms with Crippen LogP contribution in [-0.4, -0.2) is 66.3 Å². The predicted molar refractivity (Wildman–Crippen MR) is 124 cm³/mol. The van der Waals surface area contributed by atoms with Gasteiger partial charge in [0.15, 0.2) is 5.60 Å². The fourth-order valence-electron chi connectivity index (χ4n) is 4.91. The van der Waals surface area contributed by atoms with Gasteiger partial charge in [-0.3, -0.25) is 9.79 Å². The van der Waals surface area contributed by atoms with E-state index in [1.807, 2.05) is 41.4 Å². The Bertz CT molecular complexity index is 965. The zero-order valence-electron chi connectivity index (χ0n) is 18.5. The summed E-state index contributed by atoms with van der Waals surface area (Å²) in [6.07, 6.45) is 20.1. The number of ether oxygens (including phenoxy) is 2. The fraction of sp³-hybridized carbons (Fsp3) is 0.480. The van der Waals surface area contributed by atoms with Crippen LogP contribution in [0.3, 0.4) is 0 Å². The quantitative estimate of drug-likeness (QED) is 0.681. The van der Waals surface area contributed by atoms with Crippen LogP contribution >= 0.6 is 0 Å². The Morgan fingerprint density at radius 3 is 3.03 bits per heavy atom. The molecule has 0 radical (unpaired) electrons. The van der Waals surface area contributed by atoms with Crippen molar-refractivity contribution >= 4 is 18.3 Å². The Morgan fingerprint density at radius 1 is 1.41 bits per heavy atom. The number of carbonyl (C=O) groups is 1. The molecule has 0 N–H and O–H groups in total. The van der Waals surface area contributed by atoms with Crippen molar-refractivity contribution in [3.05, 3.63) is 60.3 Å². The number of nitrogens with zero attached hydrogens (tertiary/aromatic N) is 4. The van der Waals surface area contributed by atoms with Crippen LogP contribution < -0.4 is 0 Å². The standard InChI is InChI=1S/C18H23N3O3.C7H7N/c1-3-5-15-19-8-7-13(20(15)2)12-23-14-10-18(11-14)17(22)21-9-4-6-16(21)24-18;1-2-8-5-7-3-6(1)4-7/h3,5,7-8,14,16H,1,4,6,9-12H2,2H3;1-3,5,7H,4H2/b15-5-;. The van der Waals surface area contributed by atoms with Gasteiger partial charge in [0.05, 0.1) is 12.7 Å². The van der Waals surface area contributed by atoms with E-state index in [1.54, 1.807) is 12.3 Å². The van der Waals surface area contributed by atoms with Gasteiger partial charge in [-0.05, 0) is 43.1 Å². The number of carbonyl (C=O) groups excluding carboxylic acids is 1. The maximum absolute atomic E-state index is 12.5. The molecule has 5 aliphatic heterocycles. The van der Waals surface area contributed by atoms with Crippen molar-refractivity contribution in [3.63, 3.8) is 0 Å². The average molecular weight is 435 g/mol. The molecule has 7 nitrogen and oxygen atoms in total. The normalized spacial score (nSPS) is 35.0. The summed E-state index contributed by atoms with van der Waals surface area (Å²) in [5, 5.41) is 0. The fourth-order valence-corrected chi connectivity index (χ4v) is 4.91. The molecule has 1 spiro atoms. The van der Waals surface area contributed by atoms with Gasteiger partial charge in [-0.2, -0.15) is 0 Å². The highest BCUT2D eigenvalue weighted by Crippen LogP contribution is 2.47. The zero-order valence-corrected chi connectivity index (χ0v) is 18.5. The minimum absolute atomic E-state index is 0.00782. The first-order chi connectivity index (χ1) is 15.6. The highest BCUT2D eigenvalue weighted by molar-refractivity contribution is 5.88. The van der Waals surface area contributed by atoms with Crippen molar-refractivity contribution in [1.29, 1.82) is 0 Å². The number of allylic oxidation sites excluding steroid dienone is 6. The first-order valence-corrected chi connectivity index (χ1v) is 11.4. The van der Waals surface area contributed by atoms with E-state index in [1.165, 1.54) is 12.0 Å². The van der Waals surface area contributed by atoms with Gasteiger partial charge in [0.25, 0.3) is 5.91 Å². The third-order valence-corrected chi connectivity index (χ3v) is 6.86. The molecule has 32 heavy (non-hydrogen) atoms. The van der Waals surface area contributed by atoms with Crippen LogP contribution in [-0.2, 0) is 14.3 Å². The van der Waals surface area contributed by atoms with Crippen molar-refractivity contribution in [1.82, 2.24) is 9.80 Å². The van der Waals surface area contributed by atoms with E-state index < -0.39 is 5.60 Å². The second-order valence-corrected chi connectivity index (χ2v) is 9.03. The summed E-state index contributed by atoms with van der Waals surface area (Å²) in [7, 11) is 1.96. The molecule has 0 aromatic rings. The summed E-state index contributed by atoms with van der Waals surface area (Å²) in [6, 6.07) is 0. The molecule has 2 saturated heterocycles. The highest BCUT2D eigenvalue weighted by Gasteiger charge is 2.61. The molecule has 2 atom stereocenters. The van der Waals surface area contributed by atoms with Gasteiger partial charge in [0, 0.05) is 56.7 Å². The summed E-state index contributed by atoms with van der Waals surface area (Å²) >= 11 is 0. The third-order valence-electron chi connectivity index (χ3n) is 6.86. The van der Waals surface area contributed by atoms with Crippen molar-refractivity contribution in [2.24, 2.45) is 15.9 Å². The van der Waals surface area contributed by atoms with Crippen LogP contribution in [0.15, 0.2) is 70.2 Å². The van der Waals surface area contributed by atoms with Gasteiger partial charge in [0.1, 0.15) is 12.0 Å². The molecule has 2 bridgehead atoms. The second kappa shape index (κ2) is 8.64. The van der Waals surface area contributed by atoms with E-state index in [0.717, 1.165) is 30.9 Å².